The molecule has 0 saturated carbocycles. The fourth-order valence-electron chi connectivity index (χ4n) is 2.97. The molecule has 2 N–H and O–H groups in total. The van der Waals surface area contributed by atoms with Crippen molar-refractivity contribution < 1.29 is 14.3 Å². The van der Waals surface area contributed by atoms with Crippen molar-refractivity contribution >= 4 is 30.7 Å². The predicted molar refractivity (Wildman–Crippen MR) is 119 cm³/mol. The van der Waals surface area contributed by atoms with E-state index in [-0.39, 0.29) is 36.8 Å². The van der Waals surface area contributed by atoms with Crippen LogP contribution >= 0.6 is 24.8 Å². The van der Waals surface area contributed by atoms with Crippen LogP contribution in [0, 0.1) is 0 Å². The Labute approximate surface area is 184 Å². The van der Waals surface area contributed by atoms with E-state index in [4.69, 9.17) is 9.47 Å². The molecule has 1 fully saturated rings. The Hall–Kier alpha value is -2.02. The average molecular weight is 442 g/mol. The van der Waals surface area contributed by atoms with Crippen molar-refractivity contribution in [1.29, 1.82) is 0 Å². The number of ether oxygens (including phenoxy) is 2. The zero-order valence-corrected chi connectivity index (χ0v) is 18.2. The third kappa shape index (κ3) is 7.72. The number of carbonyl (C=O) groups is 1. The Morgan fingerprint density at radius 2 is 1.93 bits per heavy atom. The van der Waals surface area contributed by atoms with Crippen molar-refractivity contribution in [3.63, 3.8) is 0 Å². The van der Waals surface area contributed by atoms with Crippen molar-refractivity contribution in [2.75, 3.05) is 13.2 Å². The standard InChI is InChI=1S/C21H27N3O3.2ClH/c1-2-14-26-17-8-10-18(11-9-17)27-21-16(6-5-13-23-21)15-24-20(25)19-7-3-4-12-22-19;;/h5-6,8-11,13,19,22H,2-4,7,12,14-15H2,1H3,(H,24,25);2*1H/t19-;;/m1../s1. The number of benzene rings is 1. The lowest BCUT2D eigenvalue weighted by Crippen LogP contribution is -2.46. The number of aromatic nitrogens is 1. The summed E-state index contributed by atoms with van der Waals surface area (Å²) in [7, 11) is 0. The number of hydrogen-bond donors (Lipinski definition) is 2. The Bertz CT molecular complexity index is 738. The summed E-state index contributed by atoms with van der Waals surface area (Å²) in [6.45, 7) is 4.05. The Morgan fingerprint density at radius 1 is 1.17 bits per heavy atom. The van der Waals surface area contributed by atoms with Crippen LogP contribution in [-0.4, -0.2) is 30.1 Å². The van der Waals surface area contributed by atoms with Gasteiger partial charge in [-0.3, -0.25) is 4.79 Å². The minimum atomic E-state index is -0.101. The highest BCUT2D eigenvalue weighted by Gasteiger charge is 2.20. The summed E-state index contributed by atoms with van der Waals surface area (Å²) in [5.74, 6) is 2.02. The molecular weight excluding hydrogens is 413 g/mol. The summed E-state index contributed by atoms with van der Waals surface area (Å²) in [4.78, 5) is 16.6. The van der Waals surface area contributed by atoms with Gasteiger partial charge in [-0.1, -0.05) is 19.4 Å². The summed E-state index contributed by atoms with van der Waals surface area (Å²) in [6, 6.07) is 11.1. The zero-order chi connectivity index (χ0) is 18.9. The summed E-state index contributed by atoms with van der Waals surface area (Å²) >= 11 is 0. The molecule has 0 radical (unpaired) electrons. The number of carbonyl (C=O) groups excluding carboxylic acids is 1. The van der Waals surface area contributed by atoms with Gasteiger partial charge >= 0.3 is 0 Å². The first-order valence-corrected chi connectivity index (χ1v) is 9.62. The fraction of sp³-hybridized carbons (Fsp3) is 0.429. The summed E-state index contributed by atoms with van der Waals surface area (Å²) in [5.41, 5.74) is 0.841. The molecule has 2 aromatic rings. The lowest BCUT2D eigenvalue weighted by atomic mass is 10.0. The van der Waals surface area contributed by atoms with Crippen LogP contribution in [0.1, 0.15) is 38.2 Å². The van der Waals surface area contributed by atoms with Crippen LogP contribution in [0.15, 0.2) is 42.6 Å². The van der Waals surface area contributed by atoms with E-state index in [2.05, 4.69) is 22.5 Å². The maximum absolute atomic E-state index is 12.3. The van der Waals surface area contributed by atoms with Gasteiger partial charge in [0.1, 0.15) is 11.5 Å². The molecule has 1 aromatic carbocycles. The van der Waals surface area contributed by atoms with Crippen LogP contribution in [0.2, 0.25) is 0 Å². The molecule has 0 bridgehead atoms. The van der Waals surface area contributed by atoms with E-state index in [1.165, 1.54) is 0 Å². The number of pyridine rings is 1. The monoisotopic (exact) mass is 441 g/mol. The summed E-state index contributed by atoms with van der Waals surface area (Å²) in [6.07, 6.45) is 5.76. The molecule has 1 amide bonds. The number of amides is 1. The number of hydrogen-bond acceptors (Lipinski definition) is 5. The van der Waals surface area contributed by atoms with Crippen LogP contribution in [0.3, 0.4) is 0 Å². The van der Waals surface area contributed by atoms with Crippen LogP contribution < -0.4 is 20.1 Å². The van der Waals surface area contributed by atoms with Crippen molar-refractivity contribution in [2.45, 2.75) is 45.2 Å². The third-order valence-corrected chi connectivity index (χ3v) is 4.44. The SMILES string of the molecule is CCCOc1ccc(Oc2ncccc2CNC(=O)[C@H]2CCCCN2)cc1.Cl.Cl. The molecular formula is C21H29Cl2N3O3. The van der Waals surface area contributed by atoms with Gasteiger partial charge in [0.15, 0.2) is 0 Å². The molecule has 29 heavy (non-hydrogen) atoms. The minimum absolute atomic E-state index is 0. The van der Waals surface area contributed by atoms with Gasteiger partial charge in [0.2, 0.25) is 11.8 Å². The maximum atomic E-state index is 12.3. The second-order valence-corrected chi connectivity index (χ2v) is 6.61. The van der Waals surface area contributed by atoms with Crippen molar-refractivity contribution in [3.8, 4) is 17.4 Å². The number of nitrogens with zero attached hydrogens (tertiary/aromatic N) is 1. The van der Waals surface area contributed by atoms with E-state index in [0.29, 0.717) is 24.8 Å². The van der Waals surface area contributed by atoms with Crippen molar-refractivity contribution in [2.24, 2.45) is 0 Å². The van der Waals surface area contributed by atoms with Gasteiger partial charge in [-0.15, -0.1) is 24.8 Å². The van der Waals surface area contributed by atoms with E-state index in [1.54, 1.807) is 6.20 Å². The van der Waals surface area contributed by atoms with Crippen LogP contribution in [0.5, 0.6) is 17.4 Å². The van der Waals surface area contributed by atoms with Gasteiger partial charge in [0.05, 0.1) is 12.6 Å². The van der Waals surface area contributed by atoms with E-state index < -0.39 is 0 Å². The predicted octanol–water partition coefficient (Wildman–Crippen LogP) is 4.26. The largest absolute Gasteiger partial charge is 0.494 e. The highest BCUT2D eigenvalue weighted by Crippen LogP contribution is 2.25. The number of piperidine rings is 1. The second kappa shape index (κ2) is 13.2. The van der Waals surface area contributed by atoms with Crippen LogP contribution in [0.4, 0.5) is 0 Å². The molecule has 6 nitrogen and oxygen atoms in total. The fourth-order valence-corrected chi connectivity index (χ4v) is 2.97. The second-order valence-electron chi connectivity index (χ2n) is 6.61. The van der Waals surface area contributed by atoms with Crippen molar-refractivity contribution in [3.05, 3.63) is 48.2 Å². The topological polar surface area (TPSA) is 72.5 Å². The maximum Gasteiger partial charge on any atom is 0.237 e. The van der Waals surface area contributed by atoms with E-state index in [1.807, 2.05) is 36.4 Å². The highest BCUT2D eigenvalue weighted by molar-refractivity contribution is 5.85. The first-order chi connectivity index (χ1) is 13.3. The van der Waals surface area contributed by atoms with E-state index >= 15 is 0 Å². The molecule has 1 aromatic heterocycles. The lowest BCUT2D eigenvalue weighted by molar-refractivity contribution is -0.123. The van der Waals surface area contributed by atoms with Gasteiger partial charge < -0.3 is 20.1 Å². The van der Waals surface area contributed by atoms with Crippen LogP contribution in [-0.2, 0) is 11.3 Å². The molecule has 2 heterocycles. The van der Waals surface area contributed by atoms with Crippen molar-refractivity contribution in [1.82, 2.24) is 15.6 Å². The third-order valence-electron chi connectivity index (χ3n) is 4.44. The molecule has 160 valence electrons. The summed E-state index contributed by atoms with van der Waals surface area (Å²) in [5, 5.41) is 6.24. The molecule has 0 unspecified atom stereocenters. The van der Waals surface area contributed by atoms with E-state index in [0.717, 1.165) is 43.5 Å². The highest BCUT2D eigenvalue weighted by atomic mass is 35.5. The molecule has 1 saturated heterocycles. The molecule has 1 atom stereocenters. The first-order valence-electron chi connectivity index (χ1n) is 9.62. The number of rotatable bonds is 8. The van der Waals surface area contributed by atoms with Gasteiger partial charge in [-0.05, 0) is 56.1 Å². The Balaban J connectivity index is 0.00000210. The average Bonchev–Trinajstić information content (AvgIpc) is 2.73. The zero-order valence-electron chi connectivity index (χ0n) is 16.6. The number of nitrogens with one attached hydrogen (secondary N) is 2. The summed E-state index contributed by atoms with van der Waals surface area (Å²) < 4.78 is 11.5. The molecule has 1 aliphatic heterocycles. The lowest BCUT2D eigenvalue weighted by Gasteiger charge is -2.22. The normalized spacial score (nSPS) is 15.4. The minimum Gasteiger partial charge on any atom is -0.494 e. The smallest absolute Gasteiger partial charge is 0.237 e. The van der Waals surface area contributed by atoms with Gasteiger partial charge in [-0.2, -0.15) is 0 Å². The Kier molecular flexibility index (Phi) is 11.4. The molecule has 0 spiro atoms. The molecule has 3 rings (SSSR count). The van der Waals surface area contributed by atoms with Gasteiger partial charge in [-0.25, -0.2) is 4.98 Å². The first kappa shape index (κ1) is 25.0. The van der Waals surface area contributed by atoms with Gasteiger partial charge in [0, 0.05) is 18.3 Å². The number of halogens is 2. The van der Waals surface area contributed by atoms with Crippen LogP contribution in [0.25, 0.3) is 0 Å². The Morgan fingerprint density at radius 3 is 2.62 bits per heavy atom. The van der Waals surface area contributed by atoms with Gasteiger partial charge in [0.25, 0.3) is 0 Å². The molecule has 8 heteroatoms. The quantitative estimate of drug-likeness (QED) is 0.639. The van der Waals surface area contributed by atoms with E-state index in [9.17, 15) is 4.79 Å². The molecule has 1 aliphatic rings. The molecule has 0 aliphatic carbocycles.